The monoisotopic (exact) mass is 342 g/mol. The third kappa shape index (κ3) is 5.80. The predicted molar refractivity (Wildman–Crippen MR) is 67.1 cm³/mol. The quantitative estimate of drug-likeness (QED) is 0.860. The molecular weight excluding hydrogens is 329 g/mol. The molecule has 1 unspecified atom stereocenters. The molecule has 7 heteroatoms. The average molecular weight is 343 g/mol. The Kier molecular flexibility index (Phi) is 6.09. The molecule has 0 fully saturated rings. The van der Waals surface area contributed by atoms with E-state index >= 15 is 0 Å². The molecule has 1 rings (SSSR count). The van der Waals surface area contributed by atoms with Gasteiger partial charge in [-0.25, -0.2) is 0 Å². The van der Waals surface area contributed by atoms with E-state index in [4.69, 9.17) is 4.74 Å². The summed E-state index contributed by atoms with van der Waals surface area (Å²) in [5.74, 6) is 0.425. The lowest BCUT2D eigenvalue weighted by Gasteiger charge is -2.17. The summed E-state index contributed by atoms with van der Waals surface area (Å²) in [5.41, 5.74) is 0.387. The Hall–Kier alpha value is -0.790. The number of alkyl halides is 3. The first-order chi connectivity index (χ1) is 8.83. The second-order valence-corrected chi connectivity index (χ2v) is 4.68. The van der Waals surface area contributed by atoms with Crippen LogP contribution >= 0.6 is 15.9 Å². The van der Waals surface area contributed by atoms with Crippen molar-refractivity contribution < 1.29 is 27.8 Å². The molecular formula is C12H14BrF3O3. The molecule has 1 aromatic rings. The van der Waals surface area contributed by atoms with Gasteiger partial charge in [-0.3, -0.25) is 0 Å². The van der Waals surface area contributed by atoms with Crippen LogP contribution in [0.15, 0.2) is 22.7 Å². The van der Waals surface area contributed by atoms with Gasteiger partial charge >= 0.3 is 6.18 Å². The summed E-state index contributed by atoms with van der Waals surface area (Å²) in [5, 5.41) is 9.86. The van der Waals surface area contributed by atoms with Crippen molar-refractivity contribution in [3.05, 3.63) is 28.2 Å². The van der Waals surface area contributed by atoms with Crippen LogP contribution in [0.3, 0.4) is 0 Å². The SMILES string of the molecule is CCOc1ccc(Br)cc1C(O)COCC(F)(F)F. The maximum Gasteiger partial charge on any atom is 0.411 e. The lowest BCUT2D eigenvalue weighted by Crippen LogP contribution is -2.20. The molecule has 19 heavy (non-hydrogen) atoms. The molecule has 0 aliphatic heterocycles. The molecule has 0 saturated carbocycles. The molecule has 1 N–H and O–H groups in total. The molecule has 108 valence electrons. The van der Waals surface area contributed by atoms with E-state index in [0.29, 0.717) is 22.4 Å². The molecule has 0 aromatic heterocycles. The van der Waals surface area contributed by atoms with Crippen LogP contribution < -0.4 is 4.74 Å². The van der Waals surface area contributed by atoms with Crippen LogP contribution in [0.25, 0.3) is 0 Å². The van der Waals surface area contributed by atoms with E-state index in [1.807, 2.05) is 0 Å². The highest BCUT2D eigenvalue weighted by Gasteiger charge is 2.28. The summed E-state index contributed by atoms with van der Waals surface area (Å²) < 4.78 is 46.2. The number of halogens is 4. The van der Waals surface area contributed by atoms with E-state index in [0.717, 1.165) is 0 Å². The van der Waals surface area contributed by atoms with Gasteiger partial charge in [0, 0.05) is 10.0 Å². The van der Waals surface area contributed by atoms with Crippen LogP contribution in [0.1, 0.15) is 18.6 Å². The molecule has 1 atom stereocenters. The number of aliphatic hydroxyl groups excluding tert-OH is 1. The second-order valence-electron chi connectivity index (χ2n) is 3.76. The Balaban J connectivity index is 2.69. The van der Waals surface area contributed by atoms with Crippen molar-refractivity contribution in [3.8, 4) is 5.75 Å². The first-order valence-corrected chi connectivity index (χ1v) is 6.37. The molecule has 3 nitrogen and oxygen atoms in total. The van der Waals surface area contributed by atoms with E-state index in [2.05, 4.69) is 20.7 Å². The number of aliphatic hydroxyl groups is 1. The normalized spacial score (nSPS) is 13.4. The molecule has 0 spiro atoms. The molecule has 0 heterocycles. The van der Waals surface area contributed by atoms with Gasteiger partial charge in [0.25, 0.3) is 0 Å². The molecule has 0 saturated heterocycles. The summed E-state index contributed by atoms with van der Waals surface area (Å²) >= 11 is 3.23. The standard InChI is InChI=1S/C12H14BrF3O3/c1-2-19-11-4-3-8(13)5-9(11)10(17)6-18-7-12(14,15)16/h3-5,10,17H,2,6-7H2,1H3. The van der Waals surface area contributed by atoms with Gasteiger partial charge in [-0.1, -0.05) is 15.9 Å². The van der Waals surface area contributed by atoms with E-state index in [9.17, 15) is 18.3 Å². The van der Waals surface area contributed by atoms with Crippen LogP contribution in [0.4, 0.5) is 13.2 Å². The van der Waals surface area contributed by atoms with Crippen molar-refractivity contribution in [2.24, 2.45) is 0 Å². The van der Waals surface area contributed by atoms with Gasteiger partial charge in [-0.2, -0.15) is 13.2 Å². The average Bonchev–Trinajstić information content (AvgIpc) is 2.30. The number of ether oxygens (including phenoxy) is 2. The molecule has 1 aromatic carbocycles. The van der Waals surface area contributed by atoms with Gasteiger partial charge in [-0.05, 0) is 25.1 Å². The number of benzene rings is 1. The van der Waals surface area contributed by atoms with Gasteiger partial charge in [0.15, 0.2) is 0 Å². The maximum absolute atomic E-state index is 11.9. The van der Waals surface area contributed by atoms with E-state index in [-0.39, 0.29) is 0 Å². The summed E-state index contributed by atoms with van der Waals surface area (Å²) in [4.78, 5) is 0. The van der Waals surface area contributed by atoms with Crippen molar-refractivity contribution >= 4 is 15.9 Å². The number of hydrogen-bond donors (Lipinski definition) is 1. The van der Waals surface area contributed by atoms with Gasteiger partial charge in [-0.15, -0.1) is 0 Å². The Morgan fingerprint density at radius 3 is 2.63 bits per heavy atom. The van der Waals surface area contributed by atoms with Gasteiger partial charge in [0.1, 0.15) is 18.5 Å². The third-order valence-electron chi connectivity index (χ3n) is 2.17. The predicted octanol–water partition coefficient (Wildman–Crippen LogP) is 3.46. The fraction of sp³-hybridized carbons (Fsp3) is 0.500. The maximum atomic E-state index is 11.9. The lowest BCUT2D eigenvalue weighted by molar-refractivity contribution is -0.179. The first kappa shape index (κ1) is 16.3. The highest BCUT2D eigenvalue weighted by atomic mass is 79.9. The highest BCUT2D eigenvalue weighted by molar-refractivity contribution is 9.10. The van der Waals surface area contributed by atoms with E-state index in [1.54, 1.807) is 25.1 Å². The van der Waals surface area contributed by atoms with Gasteiger partial charge < -0.3 is 14.6 Å². The van der Waals surface area contributed by atoms with Crippen molar-refractivity contribution in [1.29, 1.82) is 0 Å². The number of rotatable bonds is 6. The molecule has 0 radical (unpaired) electrons. The molecule has 0 aliphatic carbocycles. The smallest absolute Gasteiger partial charge is 0.411 e. The van der Waals surface area contributed by atoms with Gasteiger partial charge in [0.05, 0.1) is 13.2 Å². The minimum absolute atomic E-state index is 0.387. The number of hydrogen-bond acceptors (Lipinski definition) is 3. The summed E-state index contributed by atoms with van der Waals surface area (Å²) in [6, 6.07) is 4.94. The zero-order valence-electron chi connectivity index (χ0n) is 10.2. The van der Waals surface area contributed by atoms with Crippen molar-refractivity contribution in [1.82, 2.24) is 0 Å². The van der Waals surface area contributed by atoms with Gasteiger partial charge in [0.2, 0.25) is 0 Å². The minimum atomic E-state index is -4.40. The lowest BCUT2D eigenvalue weighted by atomic mass is 10.1. The second kappa shape index (κ2) is 7.12. The fourth-order valence-electron chi connectivity index (χ4n) is 1.44. The molecule has 0 amide bonds. The Labute approximate surface area is 117 Å². The van der Waals surface area contributed by atoms with Crippen LogP contribution in [0.2, 0.25) is 0 Å². The Morgan fingerprint density at radius 1 is 1.37 bits per heavy atom. The van der Waals surface area contributed by atoms with Crippen LogP contribution in [0, 0.1) is 0 Å². The topological polar surface area (TPSA) is 38.7 Å². The van der Waals surface area contributed by atoms with Crippen LogP contribution in [0.5, 0.6) is 5.75 Å². The fourth-order valence-corrected chi connectivity index (χ4v) is 1.82. The Morgan fingerprint density at radius 2 is 2.05 bits per heavy atom. The first-order valence-electron chi connectivity index (χ1n) is 5.58. The zero-order valence-corrected chi connectivity index (χ0v) is 11.8. The molecule has 0 bridgehead atoms. The van der Waals surface area contributed by atoms with Crippen molar-refractivity contribution in [2.45, 2.75) is 19.2 Å². The van der Waals surface area contributed by atoms with Crippen LogP contribution in [-0.4, -0.2) is 31.1 Å². The summed E-state index contributed by atoms with van der Waals surface area (Å²) in [7, 11) is 0. The molecule has 0 aliphatic rings. The van der Waals surface area contributed by atoms with E-state index < -0.39 is 25.5 Å². The van der Waals surface area contributed by atoms with E-state index in [1.165, 1.54) is 0 Å². The van der Waals surface area contributed by atoms with Crippen molar-refractivity contribution in [2.75, 3.05) is 19.8 Å². The Bertz CT molecular complexity index is 410. The largest absolute Gasteiger partial charge is 0.493 e. The highest BCUT2D eigenvalue weighted by Crippen LogP contribution is 2.29. The van der Waals surface area contributed by atoms with Crippen molar-refractivity contribution in [3.63, 3.8) is 0 Å². The minimum Gasteiger partial charge on any atom is -0.493 e. The third-order valence-corrected chi connectivity index (χ3v) is 2.67. The zero-order chi connectivity index (χ0) is 14.5. The van der Waals surface area contributed by atoms with Crippen LogP contribution in [-0.2, 0) is 4.74 Å². The summed E-state index contributed by atoms with van der Waals surface area (Å²) in [6.07, 6.45) is -5.58. The summed E-state index contributed by atoms with van der Waals surface area (Å²) in [6.45, 7) is 0.335.